The number of aromatic nitrogens is 2. The Kier molecular flexibility index (Phi) is 7.21. The van der Waals surface area contributed by atoms with Gasteiger partial charge in [-0.2, -0.15) is 5.10 Å². The molecule has 0 unspecified atom stereocenters. The van der Waals surface area contributed by atoms with E-state index >= 15 is 0 Å². The van der Waals surface area contributed by atoms with Crippen LogP contribution in [0.15, 0.2) is 18.2 Å². The minimum absolute atomic E-state index is 0.126. The number of nitrogens with zero attached hydrogens (tertiary/aromatic N) is 2. The van der Waals surface area contributed by atoms with E-state index in [-0.39, 0.29) is 21.4 Å². The number of rotatable bonds is 7. The van der Waals surface area contributed by atoms with Crippen LogP contribution in [0.1, 0.15) is 42.7 Å². The van der Waals surface area contributed by atoms with E-state index in [1.165, 1.54) is 19.1 Å². The van der Waals surface area contributed by atoms with Gasteiger partial charge in [-0.25, -0.2) is 9.18 Å². The van der Waals surface area contributed by atoms with Crippen molar-refractivity contribution in [1.29, 1.82) is 0 Å². The quantitative estimate of drug-likeness (QED) is 0.669. The summed E-state index contributed by atoms with van der Waals surface area (Å²) in [4.78, 5) is 24.6. The highest BCUT2D eigenvalue weighted by Crippen LogP contribution is 2.23. The first-order valence-electron chi connectivity index (χ1n) is 8.44. The first-order valence-corrected chi connectivity index (χ1v) is 9.20. The Morgan fingerprint density at radius 2 is 2.07 bits per heavy atom. The highest BCUT2D eigenvalue weighted by atomic mass is 35.5. The number of amides is 1. The third-order valence-corrected chi connectivity index (χ3v) is 4.51. The predicted octanol–water partition coefficient (Wildman–Crippen LogP) is 4.62. The van der Waals surface area contributed by atoms with E-state index in [1.807, 2.05) is 6.92 Å². The maximum atomic E-state index is 13.2. The molecule has 1 heterocycles. The van der Waals surface area contributed by atoms with Gasteiger partial charge in [-0.05, 0) is 38.5 Å². The molecule has 0 aliphatic rings. The zero-order valence-electron chi connectivity index (χ0n) is 15.2. The molecule has 1 atom stereocenters. The molecule has 146 valence electrons. The van der Waals surface area contributed by atoms with Crippen LogP contribution >= 0.6 is 23.2 Å². The summed E-state index contributed by atoms with van der Waals surface area (Å²) in [6.45, 7) is 5.69. The van der Waals surface area contributed by atoms with Crippen molar-refractivity contribution in [2.45, 2.75) is 46.3 Å². The number of esters is 1. The monoisotopic (exact) mass is 415 g/mol. The molecule has 0 bridgehead atoms. The highest BCUT2D eigenvalue weighted by Gasteiger charge is 2.25. The summed E-state index contributed by atoms with van der Waals surface area (Å²) in [7, 11) is 0. The van der Waals surface area contributed by atoms with E-state index in [4.69, 9.17) is 27.9 Å². The Hall–Kier alpha value is -2.12. The normalized spacial score (nSPS) is 11.9. The molecule has 0 aliphatic heterocycles. The van der Waals surface area contributed by atoms with Gasteiger partial charge in [-0.3, -0.25) is 9.48 Å². The topological polar surface area (TPSA) is 73.2 Å². The summed E-state index contributed by atoms with van der Waals surface area (Å²) < 4.78 is 19.9. The van der Waals surface area contributed by atoms with Gasteiger partial charge >= 0.3 is 5.97 Å². The van der Waals surface area contributed by atoms with Crippen molar-refractivity contribution in [3.05, 3.63) is 45.4 Å². The minimum Gasteiger partial charge on any atom is -0.449 e. The van der Waals surface area contributed by atoms with Gasteiger partial charge in [0.1, 0.15) is 16.5 Å². The van der Waals surface area contributed by atoms with Crippen molar-refractivity contribution in [1.82, 2.24) is 9.78 Å². The van der Waals surface area contributed by atoms with E-state index in [9.17, 15) is 14.0 Å². The van der Waals surface area contributed by atoms with E-state index in [0.717, 1.165) is 18.9 Å². The lowest BCUT2D eigenvalue weighted by Gasteiger charge is -2.14. The molecule has 27 heavy (non-hydrogen) atoms. The number of carbonyl (C=O) groups excluding carboxylic acids is 2. The van der Waals surface area contributed by atoms with Crippen LogP contribution in [-0.2, 0) is 16.1 Å². The number of anilines is 1. The highest BCUT2D eigenvalue weighted by molar-refractivity contribution is 6.32. The van der Waals surface area contributed by atoms with Gasteiger partial charge < -0.3 is 10.1 Å². The van der Waals surface area contributed by atoms with E-state index < -0.39 is 23.8 Å². The number of halogens is 3. The molecular weight excluding hydrogens is 396 g/mol. The lowest BCUT2D eigenvalue weighted by Crippen LogP contribution is -2.30. The van der Waals surface area contributed by atoms with Crippen molar-refractivity contribution in [3.8, 4) is 0 Å². The molecule has 6 nitrogen and oxygen atoms in total. The lowest BCUT2D eigenvalue weighted by molar-refractivity contribution is -0.123. The van der Waals surface area contributed by atoms with Crippen molar-refractivity contribution >= 4 is 40.8 Å². The minimum atomic E-state index is -1.10. The first-order chi connectivity index (χ1) is 12.7. The smallest absolute Gasteiger partial charge is 0.343 e. The number of hydrogen-bond donors (Lipinski definition) is 1. The number of ether oxygens (including phenoxy) is 1. The van der Waals surface area contributed by atoms with Gasteiger partial charge in [0.25, 0.3) is 5.91 Å². The van der Waals surface area contributed by atoms with Crippen LogP contribution in [0.3, 0.4) is 0 Å². The summed E-state index contributed by atoms with van der Waals surface area (Å²) >= 11 is 11.9. The van der Waals surface area contributed by atoms with E-state index in [2.05, 4.69) is 10.4 Å². The largest absolute Gasteiger partial charge is 0.449 e. The van der Waals surface area contributed by atoms with Crippen molar-refractivity contribution in [2.75, 3.05) is 5.32 Å². The molecular formula is C18H20Cl2FN3O3. The Labute approximate surface area is 166 Å². The fraction of sp³-hybridized carbons (Fsp3) is 0.389. The molecule has 1 N–H and O–H groups in total. The molecule has 0 spiro atoms. The third kappa shape index (κ3) is 5.20. The average Bonchev–Trinajstić information content (AvgIpc) is 2.89. The van der Waals surface area contributed by atoms with Crippen LogP contribution < -0.4 is 5.32 Å². The Morgan fingerprint density at radius 1 is 1.37 bits per heavy atom. The number of hydrogen-bond acceptors (Lipinski definition) is 4. The molecule has 0 aliphatic carbocycles. The van der Waals surface area contributed by atoms with Crippen LogP contribution in [0.5, 0.6) is 0 Å². The van der Waals surface area contributed by atoms with Gasteiger partial charge in [0.15, 0.2) is 6.10 Å². The van der Waals surface area contributed by atoms with Crippen LogP contribution in [0.4, 0.5) is 10.1 Å². The summed E-state index contributed by atoms with van der Waals surface area (Å²) in [6, 6.07) is 3.75. The standard InChI is InChI=1S/C18H20Cl2FN3O3/c1-4-5-8-24-16(20)15(10(2)23-24)18(26)27-11(3)17(25)22-12-6-7-14(21)13(19)9-12/h6-7,9,11H,4-5,8H2,1-3H3,(H,22,25)/t11-/m1/s1. The van der Waals surface area contributed by atoms with Crippen LogP contribution in [0, 0.1) is 12.7 Å². The summed E-state index contributed by atoms with van der Waals surface area (Å²) in [5, 5.41) is 6.81. The predicted molar refractivity (Wildman–Crippen MR) is 102 cm³/mol. The molecule has 0 saturated heterocycles. The second-order valence-electron chi connectivity index (χ2n) is 5.99. The second-order valence-corrected chi connectivity index (χ2v) is 6.76. The van der Waals surface area contributed by atoms with Gasteiger partial charge in [-0.15, -0.1) is 0 Å². The number of benzene rings is 1. The van der Waals surface area contributed by atoms with Gasteiger partial charge in [0.05, 0.1) is 10.7 Å². The molecule has 0 fully saturated rings. The van der Waals surface area contributed by atoms with Crippen LogP contribution in [-0.4, -0.2) is 27.8 Å². The molecule has 2 rings (SSSR count). The average molecular weight is 416 g/mol. The molecule has 2 aromatic rings. The van der Waals surface area contributed by atoms with Crippen molar-refractivity contribution in [3.63, 3.8) is 0 Å². The van der Waals surface area contributed by atoms with Gasteiger partial charge in [0.2, 0.25) is 0 Å². The molecule has 1 aromatic heterocycles. The molecule has 9 heteroatoms. The summed E-state index contributed by atoms with van der Waals surface area (Å²) in [5.74, 6) is -1.92. The number of nitrogens with one attached hydrogen (secondary N) is 1. The van der Waals surface area contributed by atoms with Gasteiger partial charge in [0, 0.05) is 12.2 Å². The zero-order chi connectivity index (χ0) is 20.1. The fourth-order valence-electron chi connectivity index (χ4n) is 2.33. The van der Waals surface area contributed by atoms with Crippen LogP contribution in [0.25, 0.3) is 0 Å². The summed E-state index contributed by atoms with van der Waals surface area (Å²) in [6.07, 6.45) is 0.726. The Morgan fingerprint density at radius 3 is 2.70 bits per heavy atom. The van der Waals surface area contributed by atoms with Crippen LogP contribution in [0.2, 0.25) is 10.2 Å². The molecule has 0 radical (unpaired) electrons. The summed E-state index contributed by atoms with van der Waals surface area (Å²) in [5.41, 5.74) is 0.854. The SMILES string of the molecule is CCCCn1nc(C)c(C(=O)O[C@H](C)C(=O)Nc2ccc(F)c(Cl)c2)c1Cl. The third-order valence-electron chi connectivity index (χ3n) is 3.83. The maximum Gasteiger partial charge on any atom is 0.343 e. The Balaban J connectivity index is 2.05. The number of unbranched alkanes of at least 4 members (excludes halogenated alkanes) is 1. The van der Waals surface area contributed by atoms with Crippen molar-refractivity contribution in [2.24, 2.45) is 0 Å². The second kappa shape index (κ2) is 9.19. The van der Waals surface area contributed by atoms with E-state index in [1.54, 1.807) is 11.6 Å². The molecule has 0 saturated carbocycles. The van der Waals surface area contributed by atoms with Crippen molar-refractivity contribution < 1.29 is 18.7 Å². The number of aryl methyl sites for hydroxylation is 2. The molecule has 1 amide bonds. The fourth-order valence-corrected chi connectivity index (χ4v) is 2.85. The van der Waals surface area contributed by atoms with Gasteiger partial charge in [-0.1, -0.05) is 36.5 Å². The first kappa shape index (κ1) is 21.2. The zero-order valence-corrected chi connectivity index (χ0v) is 16.7. The Bertz CT molecular complexity index is 855. The number of carbonyl (C=O) groups is 2. The molecule has 1 aromatic carbocycles. The van der Waals surface area contributed by atoms with E-state index in [0.29, 0.717) is 12.2 Å². The lowest BCUT2D eigenvalue weighted by atomic mass is 10.2. The maximum absolute atomic E-state index is 13.2.